The van der Waals surface area contributed by atoms with Crippen LogP contribution in [0.2, 0.25) is 0 Å². The van der Waals surface area contributed by atoms with Gasteiger partial charge in [0.15, 0.2) is 0 Å². The van der Waals surface area contributed by atoms with Crippen LogP contribution in [0, 0.1) is 17.2 Å². The summed E-state index contributed by atoms with van der Waals surface area (Å²) in [6.45, 7) is 4.45. The maximum atomic E-state index is 8.83. The third kappa shape index (κ3) is 4.27. The number of thioether (sulfide) groups is 1. The van der Waals surface area contributed by atoms with Crippen molar-refractivity contribution in [1.82, 2.24) is 0 Å². The lowest BCUT2D eigenvalue weighted by Crippen LogP contribution is -1.95. The highest BCUT2D eigenvalue weighted by Gasteiger charge is 2.03. The van der Waals surface area contributed by atoms with E-state index in [1.54, 1.807) is 0 Å². The van der Waals surface area contributed by atoms with E-state index in [0.717, 1.165) is 21.7 Å². The Balaban J connectivity index is 2.69. The van der Waals surface area contributed by atoms with E-state index in [9.17, 15) is 0 Å². The third-order valence-corrected chi connectivity index (χ3v) is 3.99. The molecule has 0 heterocycles. The Morgan fingerprint density at radius 3 is 2.80 bits per heavy atom. The fraction of sp³-hybridized carbons (Fsp3) is 0.417. The van der Waals surface area contributed by atoms with E-state index in [0.29, 0.717) is 0 Å². The first-order valence-corrected chi connectivity index (χ1v) is 6.77. The van der Waals surface area contributed by atoms with Crippen molar-refractivity contribution >= 4 is 27.7 Å². The van der Waals surface area contributed by atoms with Gasteiger partial charge in [-0.2, -0.15) is 5.26 Å². The maximum Gasteiger partial charge on any atom is 0.0992 e. The summed E-state index contributed by atoms with van der Waals surface area (Å²) in [4.78, 5) is 1.17. The fourth-order valence-electron chi connectivity index (χ4n) is 1.07. The first kappa shape index (κ1) is 12.6. The first-order chi connectivity index (χ1) is 7.15. The third-order valence-electron chi connectivity index (χ3n) is 2.23. The van der Waals surface area contributed by atoms with Gasteiger partial charge in [0.05, 0.1) is 11.6 Å². The van der Waals surface area contributed by atoms with Crippen LogP contribution in [0.5, 0.6) is 0 Å². The second kappa shape index (κ2) is 6.19. The predicted molar refractivity (Wildman–Crippen MR) is 69.0 cm³/mol. The summed E-state index contributed by atoms with van der Waals surface area (Å²) in [6.07, 6.45) is 1.20. The van der Waals surface area contributed by atoms with Crippen molar-refractivity contribution in [2.45, 2.75) is 25.2 Å². The molecule has 1 atom stereocenters. The summed E-state index contributed by atoms with van der Waals surface area (Å²) in [5, 5.41) is 8.83. The number of halogens is 1. The molecule has 3 heteroatoms. The van der Waals surface area contributed by atoms with E-state index in [-0.39, 0.29) is 0 Å². The average molecular weight is 284 g/mol. The Labute approximate surface area is 104 Å². The number of hydrogen-bond donors (Lipinski definition) is 0. The van der Waals surface area contributed by atoms with Gasteiger partial charge in [-0.15, -0.1) is 11.8 Å². The van der Waals surface area contributed by atoms with Gasteiger partial charge >= 0.3 is 0 Å². The minimum atomic E-state index is 0.719. The predicted octanol–water partition coefficient (Wildman–Crippen LogP) is 4.46. The molecule has 0 N–H and O–H groups in total. The molecular formula is C12H14BrNS. The molecule has 1 aromatic rings. The highest BCUT2D eigenvalue weighted by molar-refractivity contribution is 9.10. The van der Waals surface area contributed by atoms with Gasteiger partial charge in [0.25, 0.3) is 0 Å². The van der Waals surface area contributed by atoms with Crippen molar-refractivity contribution in [2.75, 3.05) is 5.75 Å². The van der Waals surface area contributed by atoms with Crippen LogP contribution in [0.1, 0.15) is 25.8 Å². The van der Waals surface area contributed by atoms with Crippen LogP contribution in [-0.2, 0) is 0 Å². The molecule has 0 aromatic heterocycles. The van der Waals surface area contributed by atoms with Crippen molar-refractivity contribution in [3.05, 3.63) is 28.2 Å². The van der Waals surface area contributed by atoms with Crippen molar-refractivity contribution in [2.24, 2.45) is 5.92 Å². The summed E-state index contributed by atoms with van der Waals surface area (Å²) < 4.78 is 0.980. The normalized spacial score (nSPS) is 12.1. The number of rotatable bonds is 4. The zero-order chi connectivity index (χ0) is 11.3. The zero-order valence-corrected chi connectivity index (χ0v) is 11.4. The molecule has 0 radical (unpaired) electrons. The van der Waals surface area contributed by atoms with Crippen LogP contribution in [0.3, 0.4) is 0 Å². The van der Waals surface area contributed by atoms with E-state index in [2.05, 4.69) is 41.9 Å². The van der Waals surface area contributed by atoms with Crippen molar-refractivity contribution in [3.8, 4) is 6.07 Å². The van der Waals surface area contributed by atoms with Crippen LogP contribution < -0.4 is 0 Å². The molecule has 0 amide bonds. The standard InChI is InChI=1S/C12H14BrNS/c1-3-9(2)8-15-12-5-10(7-14)4-11(13)6-12/h4-6,9H,3,8H2,1-2H3. The Bertz CT molecular complexity index is 370. The van der Waals surface area contributed by atoms with Crippen molar-refractivity contribution in [1.29, 1.82) is 5.26 Å². The molecule has 1 aromatic carbocycles. The second-order valence-electron chi connectivity index (χ2n) is 3.61. The monoisotopic (exact) mass is 283 g/mol. The summed E-state index contributed by atoms with van der Waals surface area (Å²) in [5.74, 6) is 1.83. The molecule has 0 saturated carbocycles. The van der Waals surface area contributed by atoms with E-state index in [1.807, 2.05) is 23.9 Å². The van der Waals surface area contributed by atoms with Crippen molar-refractivity contribution < 1.29 is 0 Å². The van der Waals surface area contributed by atoms with Crippen LogP contribution in [-0.4, -0.2) is 5.75 Å². The van der Waals surface area contributed by atoms with Gasteiger partial charge in [-0.1, -0.05) is 36.2 Å². The number of benzene rings is 1. The van der Waals surface area contributed by atoms with Gasteiger partial charge < -0.3 is 0 Å². The summed E-state index contributed by atoms with van der Waals surface area (Å²) in [6, 6.07) is 8.01. The first-order valence-electron chi connectivity index (χ1n) is 4.99. The largest absolute Gasteiger partial charge is 0.192 e. The molecule has 0 spiro atoms. The number of nitriles is 1. The molecule has 1 nitrogen and oxygen atoms in total. The van der Waals surface area contributed by atoms with E-state index in [4.69, 9.17) is 5.26 Å². The molecule has 0 aliphatic rings. The SMILES string of the molecule is CCC(C)CSc1cc(Br)cc(C#N)c1. The minimum absolute atomic E-state index is 0.719. The van der Waals surface area contributed by atoms with Crippen LogP contribution in [0.4, 0.5) is 0 Å². The van der Waals surface area contributed by atoms with Gasteiger partial charge in [-0.05, 0) is 24.1 Å². The van der Waals surface area contributed by atoms with E-state index in [1.165, 1.54) is 11.3 Å². The minimum Gasteiger partial charge on any atom is -0.192 e. The topological polar surface area (TPSA) is 23.8 Å². The van der Waals surface area contributed by atoms with Crippen LogP contribution in [0.25, 0.3) is 0 Å². The molecule has 15 heavy (non-hydrogen) atoms. The number of hydrogen-bond acceptors (Lipinski definition) is 2. The molecular weight excluding hydrogens is 270 g/mol. The zero-order valence-electron chi connectivity index (χ0n) is 8.96. The highest BCUT2D eigenvalue weighted by Crippen LogP contribution is 2.26. The summed E-state index contributed by atoms with van der Waals surface area (Å²) in [5.41, 5.74) is 0.719. The van der Waals surface area contributed by atoms with Gasteiger partial charge in [0, 0.05) is 15.1 Å². The summed E-state index contributed by atoms with van der Waals surface area (Å²) in [7, 11) is 0. The number of nitrogens with zero attached hydrogens (tertiary/aromatic N) is 1. The molecule has 1 rings (SSSR count). The van der Waals surface area contributed by atoms with Gasteiger partial charge in [-0.3, -0.25) is 0 Å². The molecule has 0 aliphatic carbocycles. The Kier molecular flexibility index (Phi) is 5.21. The lowest BCUT2D eigenvalue weighted by atomic mass is 10.2. The smallest absolute Gasteiger partial charge is 0.0992 e. The maximum absolute atomic E-state index is 8.83. The summed E-state index contributed by atoms with van der Waals surface area (Å²) >= 11 is 5.23. The molecule has 0 bridgehead atoms. The lowest BCUT2D eigenvalue weighted by Gasteiger charge is -2.08. The van der Waals surface area contributed by atoms with Gasteiger partial charge in [0.1, 0.15) is 0 Å². The van der Waals surface area contributed by atoms with E-state index >= 15 is 0 Å². The second-order valence-corrected chi connectivity index (χ2v) is 5.62. The Hall–Kier alpha value is -0.460. The average Bonchev–Trinajstić information content (AvgIpc) is 2.25. The Morgan fingerprint density at radius 2 is 2.20 bits per heavy atom. The molecule has 0 aliphatic heterocycles. The van der Waals surface area contributed by atoms with Crippen molar-refractivity contribution in [3.63, 3.8) is 0 Å². The quantitative estimate of drug-likeness (QED) is 0.762. The fourth-order valence-corrected chi connectivity index (χ4v) is 2.84. The van der Waals surface area contributed by atoms with Crippen LogP contribution >= 0.6 is 27.7 Å². The highest BCUT2D eigenvalue weighted by atomic mass is 79.9. The lowest BCUT2D eigenvalue weighted by molar-refractivity contribution is 0.637. The Morgan fingerprint density at radius 1 is 1.47 bits per heavy atom. The molecule has 80 valence electrons. The molecule has 0 saturated heterocycles. The van der Waals surface area contributed by atoms with Gasteiger partial charge in [-0.25, -0.2) is 0 Å². The van der Waals surface area contributed by atoms with E-state index < -0.39 is 0 Å². The molecule has 0 fully saturated rings. The molecule has 1 unspecified atom stereocenters. The van der Waals surface area contributed by atoms with Gasteiger partial charge in [0.2, 0.25) is 0 Å². The van der Waals surface area contributed by atoms with Crippen LogP contribution in [0.15, 0.2) is 27.6 Å².